The highest BCUT2D eigenvalue weighted by molar-refractivity contribution is 5.81. The number of carbonyl (C=O) groups is 1. The van der Waals surface area contributed by atoms with Gasteiger partial charge < -0.3 is 15.0 Å². The van der Waals surface area contributed by atoms with E-state index in [1.165, 1.54) is 5.56 Å². The van der Waals surface area contributed by atoms with E-state index in [2.05, 4.69) is 52.5 Å². The van der Waals surface area contributed by atoms with Gasteiger partial charge in [-0.15, -0.1) is 0 Å². The van der Waals surface area contributed by atoms with Gasteiger partial charge in [-0.2, -0.15) is 5.10 Å². The quantitative estimate of drug-likeness (QED) is 0.471. The number of hydrogen-bond acceptors (Lipinski definition) is 5. The second-order valence-electron chi connectivity index (χ2n) is 8.83. The highest BCUT2D eigenvalue weighted by Gasteiger charge is 2.27. The molecule has 0 bridgehead atoms. The molecule has 7 heteroatoms. The minimum Gasteiger partial charge on any atom is -0.497 e. The fourth-order valence-corrected chi connectivity index (χ4v) is 4.50. The van der Waals surface area contributed by atoms with Crippen LogP contribution in [-0.4, -0.2) is 40.7 Å². The highest BCUT2D eigenvalue weighted by atomic mass is 16.5. The Balaban J connectivity index is 1.33. The molecule has 3 heterocycles. The van der Waals surface area contributed by atoms with E-state index >= 15 is 0 Å². The van der Waals surface area contributed by atoms with Crippen LogP contribution in [-0.2, 0) is 11.3 Å². The lowest BCUT2D eigenvalue weighted by atomic mass is 9.97. The third-order valence-corrected chi connectivity index (χ3v) is 6.41. The predicted octanol–water partition coefficient (Wildman–Crippen LogP) is 4.25. The molecule has 0 spiro atoms. The summed E-state index contributed by atoms with van der Waals surface area (Å²) in [5.74, 6) is 1.69. The molecule has 5 rings (SSSR count). The Morgan fingerprint density at radius 2 is 2.03 bits per heavy atom. The average molecular weight is 456 g/mol. The van der Waals surface area contributed by atoms with Crippen LogP contribution in [0.1, 0.15) is 24.0 Å². The summed E-state index contributed by atoms with van der Waals surface area (Å²) in [7, 11) is 1.66. The van der Waals surface area contributed by atoms with Crippen molar-refractivity contribution in [2.45, 2.75) is 26.3 Å². The normalized spacial score (nSPS) is 15.9. The number of rotatable bonds is 6. The Bertz CT molecular complexity index is 1300. The minimum absolute atomic E-state index is 0.0676. The number of carbonyl (C=O) groups excluding carboxylic acids is 1. The fraction of sp³-hybridized carbons (Fsp3) is 0.296. The topological polar surface area (TPSA) is 71.8 Å². The van der Waals surface area contributed by atoms with Crippen LogP contribution in [0.4, 0.5) is 5.82 Å². The van der Waals surface area contributed by atoms with Crippen molar-refractivity contribution < 1.29 is 9.53 Å². The van der Waals surface area contributed by atoms with E-state index in [1.54, 1.807) is 13.3 Å². The molecule has 0 aliphatic carbocycles. The Morgan fingerprint density at radius 3 is 2.85 bits per heavy atom. The lowest BCUT2D eigenvalue weighted by Gasteiger charge is -2.33. The summed E-state index contributed by atoms with van der Waals surface area (Å²) in [4.78, 5) is 19.8. The first-order valence-corrected chi connectivity index (χ1v) is 11.7. The van der Waals surface area contributed by atoms with Crippen LogP contribution >= 0.6 is 0 Å². The molecule has 4 aromatic rings. The van der Waals surface area contributed by atoms with Gasteiger partial charge in [0.2, 0.25) is 5.91 Å². The van der Waals surface area contributed by atoms with Gasteiger partial charge in [0.25, 0.3) is 0 Å². The predicted molar refractivity (Wildman–Crippen MR) is 133 cm³/mol. The summed E-state index contributed by atoms with van der Waals surface area (Å²) in [5.41, 5.74) is 5.11. The summed E-state index contributed by atoms with van der Waals surface area (Å²) in [5, 5.41) is 7.87. The summed E-state index contributed by atoms with van der Waals surface area (Å²) < 4.78 is 7.22. The minimum atomic E-state index is -0.0676. The maximum Gasteiger partial charge on any atom is 0.225 e. The van der Waals surface area contributed by atoms with E-state index in [0.717, 1.165) is 53.3 Å². The average Bonchev–Trinajstić information content (AvgIpc) is 3.33. The fourth-order valence-electron chi connectivity index (χ4n) is 4.50. The number of ether oxygens (including phenoxy) is 1. The van der Waals surface area contributed by atoms with Gasteiger partial charge in [0.15, 0.2) is 5.82 Å². The van der Waals surface area contributed by atoms with Gasteiger partial charge in [-0.05, 0) is 43.5 Å². The summed E-state index contributed by atoms with van der Waals surface area (Å²) in [6.07, 6.45) is 5.46. The molecule has 0 radical (unpaired) electrons. The number of aromatic nitrogens is 3. The number of methoxy groups -OCH3 is 1. The molecule has 1 aliphatic rings. The maximum atomic E-state index is 12.9. The first kappa shape index (κ1) is 21.9. The largest absolute Gasteiger partial charge is 0.497 e. The van der Waals surface area contributed by atoms with Crippen molar-refractivity contribution in [1.29, 1.82) is 0 Å². The Hall–Kier alpha value is -3.87. The van der Waals surface area contributed by atoms with Crippen LogP contribution in [0, 0.1) is 12.8 Å². The molecule has 1 fully saturated rings. The van der Waals surface area contributed by atoms with Crippen molar-refractivity contribution in [2.24, 2.45) is 5.92 Å². The molecule has 1 amide bonds. The zero-order valence-electron chi connectivity index (χ0n) is 19.6. The molecule has 34 heavy (non-hydrogen) atoms. The maximum absolute atomic E-state index is 12.9. The van der Waals surface area contributed by atoms with E-state index in [4.69, 9.17) is 9.84 Å². The number of nitrogens with zero attached hydrogens (tertiary/aromatic N) is 4. The zero-order valence-corrected chi connectivity index (χ0v) is 19.6. The van der Waals surface area contributed by atoms with Crippen molar-refractivity contribution in [3.8, 4) is 17.0 Å². The first-order chi connectivity index (χ1) is 16.6. The number of amides is 1. The first-order valence-electron chi connectivity index (χ1n) is 11.7. The van der Waals surface area contributed by atoms with Crippen molar-refractivity contribution in [3.05, 3.63) is 78.1 Å². The van der Waals surface area contributed by atoms with Crippen LogP contribution in [0.3, 0.4) is 0 Å². The van der Waals surface area contributed by atoms with Gasteiger partial charge in [0, 0.05) is 37.6 Å². The van der Waals surface area contributed by atoms with Gasteiger partial charge in [0.05, 0.1) is 18.7 Å². The summed E-state index contributed by atoms with van der Waals surface area (Å²) >= 11 is 0. The van der Waals surface area contributed by atoms with Gasteiger partial charge in [-0.3, -0.25) is 4.79 Å². The Morgan fingerprint density at radius 1 is 1.18 bits per heavy atom. The number of anilines is 1. The number of fused-ring (bicyclic) bond motifs is 1. The zero-order chi connectivity index (χ0) is 23.5. The monoisotopic (exact) mass is 455 g/mol. The number of piperidine rings is 1. The molecule has 2 aromatic carbocycles. The van der Waals surface area contributed by atoms with Crippen molar-refractivity contribution in [1.82, 2.24) is 19.9 Å². The molecule has 1 N–H and O–H groups in total. The number of hydrogen-bond donors (Lipinski definition) is 1. The van der Waals surface area contributed by atoms with Crippen molar-refractivity contribution >= 4 is 17.2 Å². The van der Waals surface area contributed by atoms with Crippen LogP contribution in [0.2, 0.25) is 0 Å². The van der Waals surface area contributed by atoms with Gasteiger partial charge in [-0.25, -0.2) is 9.50 Å². The van der Waals surface area contributed by atoms with Gasteiger partial charge in [0.1, 0.15) is 11.3 Å². The molecule has 1 aliphatic heterocycles. The number of benzene rings is 2. The SMILES string of the molecule is COc1cccc(-c2cc3c(N4CCCC(C(=O)NCc5ccc(C)cc5)C4)nccn3n2)c1. The molecule has 174 valence electrons. The molecule has 0 saturated carbocycles. The highest BCUT2D eigenvalue weighted by Crippen LogP contribution is 2.29. The Kier molecular flexibility index (Phi) is 6.16. The molecule has 2 aromatic heterocycles. The van der Waals surface area contributed by atoms with Gasteiger partial charge in [-0.1, -0.05) is 42.0 Å². The van der Waals surface area contributed by atoms with E-state index in [0.29, 0.717) is 13.1 Å². The summed E-state index contributed by atoms with van der Waals surface area (Å²) in [6.45, 7) is 4.13. The van der Waals surface area contributed by atoms with E-state index in [1.807, 2.05) is 35.0 Å². The van der Waals surface area contributed by atoms with Crippen LogP contribution < -0.4 is 15.0 Å². The van der Waals surface area contributed by atoms with Crippen LogP contribution in [0.25, 0.3) is 16.8 Å². The number of aryl methyl sites for hydroxylation is 1. The van der Waals surface area contributed by atoms with Crippen molar-refractivity contribution in [2.75, 3.05) is 25.1 Å². The second-order valence-corrected chi connectivity index (χ2v) is 8.83. The molecule has 1 atom stereocenters. The lowest BCUT2D eigenvalue weighted by Crippen LogP contribution is -2.43. The molecule has 1 saturated heterocycles. The van der Waals surface area contributed by atoms with E-state index < -0.39 is 0 Å². The molecular formula is C27H29N5O2. The third kappa shape index (κ3) is 4.59. The Labute approximate surface area is 199 Å². The molecule has 1 unspecified atom stereocenters. The standard InChI is InChI=1S/C27H29N5O2/c1-19-8-10-20(11-9-19)17-29-27(33)22-6-4-13-31(18-22)26-25-16-24(30-32(25)14-12-28-26)21-5-3-7-23(15-21)34-2/h3,5,7-12,14-16,22H,4,6,13,17-18H2,1-2H3,(H,29,33). The van der Waals surface area contributed by atoms with E-state index in [-0.39, 0.29) is 11.8 Å². The van der Waals surface area contributed by atoms with Crippen LogP contribution in [0.5, 0.6) is 5.75 Å². The van der Waals surface area contributed by atoms with Gasteiger partial charge >= 0.3 is 0 Å². The number of nitrogens with one attached hydrogen (secondary N) is 1. The smallest absolute Gasteiger partial charge is 0.225 e. The molecule has 7 nitrogen and oxygen atoms in total. The van der Waals surface area contributed by atoms with E-state index in [9.17, 15) is 4.79 Å². The molecular weight excluding hydrogens is 426 g/mol. The van der Waals surface area contributed by atoms with Crippen LogP contribution in [0.15, 0.2) is 67.0 Å². The second kappa shape index (κ2) is 9.55. The summed E-state index contributed by atoms with van der Waals surface area (Å²) in [6, 6.07) is 18.2. The lowest BCUT2D eigenvalue weighted by molar-refractivity contribution is -0.125. The van der Waals surface area contributed by atoms with Crippen molar-refractivity contribution in [3.63, 3.8) is 0 Å². The third-order valence-electron chi connectivity index (χ3n) is 6.41.